The van der Waals surface area contributed by atoms with Crippen LogP contribution in [0, 0.1) is 0 Å². The monoisotopic (exact) mass is 411 g/mol. The Balaban J connectivity index is 2.14. The van der Waals surface area contributed by atoms with Crippen molar-refractivity contribution < 1.29 is 21.9 Å². The number of nitrogens with two attached hydrogens (primary N) is 1. The lowest BCUT2D eigenvalue weighted by molar-refractivity contribution is 0.145. The summed E-state index contributed by atoms with van der Waals surface area (Å²) in [6.45, 7) is 0. The number of primary sulfonamides is 1. The Morgan fingerprint density at radius 3 is 2.33 bits per heavy atom. The summed E-state index contributed by atoms with van der Waals surface area (Å²) >= 11 is 0. The lowest BCUT2D eigenvalue weighted by Gasteiger charge is -2.10. The number of hydrogen-bond donors (Lipinski definition) is 1. The molecule has 0 saturated carbocycles. The summed E-state index contributed by atoms with van der Waals surface area (Å²) in [5.41, 5.74) is 1.11. The van der Waals surface area contributed by atoms with Gasteiger partial charge in [-0.25, -0.2) is 27.0 Å². The highest BCUT2D eigenvalue weighted by molar-refractivity contribution is 7.89. The van der Waals surface area contributed by atoms with Crippen LogP contribution in [0.2, 0.25) is 0 Å². The zero-order valence-electron chi connectivity index (χ0n) is 14.1. The molecular weight excluding hydrogens is 395 g/mol. The van der Waals surface area contributed by atoms with E-state index in [9.17, 15) is 17.2 Å². The van der Waals surface area contributed by atoms with E-state index in [1.807, 2.05) is 0 Å². The minimum atomic E-state index is -3.85. The van der Waals surface area contributed by atoms with Crippen molar-refractivity contribution in [2.24, 2.45) is 5.14 Å². The number of methoxy groups -OCH3 is 1. The molecule has 0 spiro atoms. The van der Waals surface area contributed by atoms with E-state index in [1.54, 1.807) is 18.2 Å². The zero-order chi connectivity index (χ0) is 19.8. The second-order valence-electron chi connectivity index (χ2n) is 5.66. The molecule has 10 heteroatoms. The van der Waals surface area contributed by atoms with Gasteiger partial charge in [0.2, 0.25) is 10.0 Å². The van der Waals surface area contributed by atoms with Gasteiger partial charge in [-0.2, -0.15) is 5.10 Å². The predicted octanol–water partition coefficient (Wildman–Crippen LogP) is 2.63. The maximum absolute atomic E-state index is 13.2. The smallest absolute Gasteiger partial charge is 0.282 e. The van der Waals surface area contributed by atoms with Gasteiger partial charge >= 0.3 is 0 Å². The fourth-order valence-electron chi connectivity index (χ4n) is 2.58. The highest BCUT2D eigenvalue weighted by Crippen LogP contribution is 2.29. The zero-order valence-corrected chi connectivity index (χ0v) is 16.1. The molecule has 0 amide bonds. The third kappa shape index (κ3) is 4.00. The van der Waals surface area contributed by atoms with Crippen molar-refractivity contribution >= 4 is 24.6 Å². The number of nitrogens with zero attached hydrogens (tertiary/aromatic N) is 2. The maximum Gasteiger partial charge on any atom is 0.282 e. The van der Waals surface area contributed by atoms with Gasteiger partial charge in [-0.3, -0.25) is 0 Å². The number of rotatable bonds is 5. The number of aromatic nitrogens is 2. The highest BCUT2D eigenvalue weighted by Gasteiger charge is 2.19. The van der Waals surface area contributed by atoms with Crippen LogP contribution in [0.5, 0.6) is 5.75 Å². The topological polar surface area (TPSA) is 87.2 Å². The van der Waals surface area contributed by atoms with Crippen LogP contribution in [0.3, 0.4) is 0 Å². The average molecular weight is 411 g/mol. The molecule has 0 bridgehead atoms. The number of benzene rings is 2. The Morgan fingerprint density at radius 2 is 1.81 bits per heavy atom. The second-order valence-corrected chi connectivity index (χ2v) is 7.85. The van der Waals surface area contributed by atoms with Gasteiger partial charge in [-0.05, 0) is 48.5 Å². The van der Waals surface area contributed by atoms with E-state index in [4.69, 9.17) is 9.88 Å². The van der Waals surface area contributed by atoms with Crippen LogP contribution in [0.25, 0.3) is 16.9 Å². The Bertz CT molecular complexity index is 1080. The first-order valence-electron chi connectivity index (χ1n) is 7.66. The largest absolute Gasteiger partial charge is 0.496 e. The molecule has 0 saturated heterocycles. The van der Waals surface area contributed by atoms with Crippen LogP contribution in [0.15, 0.2) is 53.4 Å². The van der Waals surface area contributed by atoms with Crippen molar-refractivity contribution in [3.63, 3.8) is 0 Å². The van der Waals surface area contributed by atoms with Crippen LogP contribution >= 0.6 is 9.24 Å². The van der Waals surface area contributed by atoms with E-state index < -0.39 is 16.4 Å². The van der Waals surface area contributed by atoms with Crippen LogP contribution in [-0.2, 0) is 10.0 Å². The van der Waals surface area contributed by atoms with Crippen LogP contribution in [0.4, 0.5) is 8.78 Å². The molecule has 0 aliphatic rings. The summed E-state index contributed by atoms with van der Waals surface area (Å²) in [6.07, 6.45) is -2.75. The molecule has 3 rings (SSSR count). The fourth-order valence-corrected chi connectivity index (χ4v) is 3.49. The first kappa shape index (κ1) is 19.4. The Labute approximate surface area is 157 Å². The lowest BCUT2D eigenvalue weighted by atomic mass is 10.1. The predicted molar refractivity (Wildman–Crippen MR) is 101 cm³/mol. The van der Waals surface area contributed by atoms with E-state index in [0.29, 0.717) is 22.7 Å². The fraction of sp³-hybridized carbons (Fsp3) is 0.118. The van der Waals surface area contributed by atoms with Gasteiger partial charge in [0.25, 0.3) is 6.43 Å². The molecule has 2 N–H and O–H groups in total. The normalized spacial score (nSPS) is 11.8. The number of sulfonamides is 1. The minimum absolute atomic E-state index is 0.0780. The van der Waals surface area contributed by atoms with E-state index in [-0.39, 0.29) is 10.6 Å². The number of halogens is 2. The third-order valence-corrected chi connectivity index (χ3v) is 5.27. The standard InChI is InChI=1S/C17H16F2N3O3PS/c1-25-15-7-2-10(8-16(15)26)14-9-13(17(18)19)21-22(14)11-3-5-12(6-4-11)27(20,23)24/h2-9,17H,26H2,1H3,(H2,20,23,24). The van der Waals surface area contributed by atoms with Gasteiger partial charge in [-0.15, -0.1) is 9.24 Å². The summed E-state index contributed by atoms with van der Waals surface area (Å²) < 4.78 is 55.8. The number of ether oxygens (including phenoxy) is 1. The molecule has 2 aromatic carbocycles. The summed E-state index contributed by atoms with van der Waals surface area (Å²) in [6, 6.07) is 12.0. The van der Waals surface area contributed by atoms with Gasteiger partial charge in [0, 0.05) is 10.9 Å². The number of hydrogen-bond acceptors (Lipinski definition) is 4. The molecule has 0 aliphatic heterocycles. The SMILES string of the molecule is COc1ccc(-c2cc(C(F)F)nn2-c2ccc(S(N)(=O)=O)cc2)cc1P. The quantitative estimate of drug-likeness (QED) is 0.654. The summed E-state index contributed by atoms with van der Waals surface area (Å²) in [5, 5.41) is 9.81. The molecule has 1 heterocycles. The Kier molecular flexibility index (Phi) is 5.28. The maximum atomic E-state index is 13.2. The van der Waals surface area contributed by atoms with Crippen molar-refractivity contribution in [2.45, 2.75) is 11.3 Å². The molecule has 6 nitrogen and oxygen atoms in total. The lowest BCUT2D eigenvalue weighted by Crippen LogP contribution is -2.12. The summed E-state index contributed by atoms with van der Waals surface area (Å²) in [7, 11) is 0.207. The minimum Gasteiger partial charge on any atom is -0.496 e. The van der Waals surface area contributed by atoms with Gasteiger partial charge in [0.15, 0.2) is 0 Å². The Hall–Kier alpha value is -2.35. The van der Waals surface area contributed by atoms with Crippen molar-refractivity contribution in [1.82, 2.24) is 9.78 Å². The van der Waals surface area contributed by atoms with E-state index in [2.05, 4.69) is 14.3 Å². The van der Waals surface area contributed by atoms with Crippen LogP contribution in [0.1, 0.15) is 12.1 Å². The van der Waals surface area contributed by atoms with Crippen molar-refractivity contribution in [2.75, 3.05) is 7.11 Å². The van der Waals surface area contributed by atoms with E-state index >= 15 is 0 Å². The van der Waals surface area contributed by atoms with Gasteiger partial charge in [0.05, 0.1) is 23.4 Å². The number of alkyl halides is 2. The first-order chi connectivity index (χ1) is 12.7. The molecular formula is C17H16F2N3O3PS. The van der Waals surface area contributed by atoms with Gasteiger partial charge < -0.3 is 4.74 Å². The molecule has 1 atom stereocenters. The molecule has 0 fully saturated rings. The molecule has 0 radical (unpaired) electrons. The van der Waals surface area contributed by atoms with Crippen molar-refractivity contribution in [1.29, 1.82) is 0 Å². The van der Waals surface area contributed by atoms with Gasteiger partial charge in [-0.1, -0.05) is 0 Å². The Morgan fingerprint density at radius 1 is 1.15 bits per heavy atom. The van der Waals surface area contributed by atoms with Crippen LogP contribution in [-0.4, -0.2) is 25.3 Å². The summed E-state index contributed by atoms with van der Waals surface area (Å²) in [4.78, 5) is -0.0780. The molecule has 1 unspecified atom stereocenters. The van der Waals surface area contributed by atoms with E-state index in [0.717, 1.165) is 5.30 Å². The summed E-state index contributed by atoms with van der Waals surface area (Å²) in [5.74, 6) is 0.640. The third-order valence-electron chi connectivity index (χ3n) is 3.89. The van der Waals surface area contributed by atoms with E-state index in [1.165, 1.54) is 42.1 Å². The molecule has 27 heavy (non-hydrogen) atoms. The molecule has 1 aromatic heterocycles. The van der Waals surface area contributed by atoms with Crippen molar-refractivity contribution in [3.8, 4) is 22.7 Å². The van der Waals surface area contributed by atoms with Crippen molar-refractivity contribution in [3.05, 3.63) is 54.2 Å². The molecule has 3 aromatic rings. The average Bonchev–Trinajstić information content (AvgIpc) is 3.06. The second kappa shape index (κ2) is 7.34. The van der Waals surface area contributed by atoms with Gasteiger partial charge in [0.1, 0.15) is 11.4 Å². The van der Waals surface area contributed by atoms with Crippen LogP contribution < -0.4 is 15.2 Å². The molecule has 142 valence electrons. The molecule has 0 aliphatic carbocycles. The highest BCUT2D eigenvalue weighted by atomic mass is 32.2. The first-order valence-corrected chi connectivity index (χ1v) is 9.78.